The standard InChI is InChI=1S/C14H20N6O3/c21-12(10-3-1-2-6-20-11(10)16-17-18-20)19-7-4-14(5-8-19)9-15-13(22)23-14/h10H,1-9H2,(H,15,22)/t10-/m1/s1. The lowest BCUT2D eigenvalue weighted by molar-refractivity contribution is -0.136. The topological polar surface area (TPSA) is 102 Å². The van der Waals surface area contributed by atoms with E-state index in [0.29, 0.717) is 38.3 Å². The highest BCUT2D eigenvalue weighted by atomic mass is 16.6. The molecule has 1 spiro atoms. The molecular weight excluding hydrogens is 300 g/mol. The molecule has 3 aliphatic rings. The summed E-state index contributed by atoms with van der Waals surface area (Å²) in [5.74, 6) is 0.516. The number of likely N-dealkylation sites (tertiary alicyclic amines) is 1. The number of ether oxygens (including phenoxy) is 1. The number of carbonyl (C=O) groups excluding carboxylic acids is 2. The Morgan fingerprint density at radius 1 is 1.26 bits per heavy atom. The van der Waals surface area contributed by atoms with Crippen LogP contribution >= 0.6 is 0 Å². The summed E-state index contributed by atoms with van der Waals surface area (Å²) in [6.07, 6.45) is 3.77. The van der Waals surface area contributed by atoms with Gasteiger partial charge in [0.1, 0.15) is 5.60 Å². The first-order chi connectivity index (χ1) is 11.2. The Morgan fingerprint density at radius 2 is 2.09 bits per heavy atom. The number of carbonyl (C=O) groups is 2. The zero-order chi connectivity index (χ0) is 15.9. The van der Waals surface area contributed by atoms with E-state index in [1.807, 2.05) is 4.90 Å². The Hall–Kier alpha value is -2.19. The summed E-state index contributed by atoms with van der Waals surface area (Å²) in [7, 11) is 0. The molecule has 23 heavy (non-hydrogen) atoms. The smallest absolute Gasteiger partial charge is 0.407 e. The van der Waals surface area contributed by atoms with E-state index in [1.165, 1.54) is 0 Å². The molecule has 4 heterocycles. The van der Waals surface area contributed by atoms with Gasteiger partial charge in [-0.3, -0.25) is 4.79 Å². The van der Waals surface area contributed by atoms with E-state index in [0.717, 1.165) is 25.8 Å². The van der Waals surface area contributed by atoms with Crippen LogP contribution < -0.4 is 5.32 Å². The first-order valence-corrected chi connectivity index (χ1v) is 8.19. The molecule has 0 bridgehead atoms. The summed E-state index contributed by atoms with van der Waals surface area (Å²) in [6, 6.07) is 0. The summed E-state index contributed by atoms with van der Waals surface area (Å²) < 4.78 is 7.16. The Balaban J connectivity index is 1.45. The molecule has 1 aromatic heterocycles. The third-order valence-corrected chi connectivity index (χ3v) is 5.13. The van der Waals surface area contributed by atoms with Gasteiger partial charge in [0.15, 0.2) is 5.82 Å². The largest absolute Gasteiger partial charge is 0.441 e. The summed E-state index contributed by atoms with van der Waals surface area (Å²) in [5, 5.41) is 14.5. The maximum absolute atomic E-state index is 12.9. The van der Waals surface area contributed by atoms with Crippen LogP contribution in [0.3, 0.4) is 0 Å². The van der Waals surface area contributed by atoms with Crippen molar-refractivity contribution in [2.75, 3.05) is 19.6 Å². The van der Waals surface area contributed by atoms with Gasteiger partial charge in [0.05, 0.1) is 12.5 Å². The van der Waals surface area contributed by atoms with Gasteiger partial charge in [0, 0.05) is 32.5 Å². The molecule has 1 atom stereocenters. The summed E-state index contributed by atoms with van der Waals surface area (Å²) in [5.41, 5.74) is -0.432. The minimum absolute atomic E-state index is 0.0927. The van der Waals surface area contributed by atoms with Crippen molar-refractivity contribution in [3.63, 3.8) is 0 Å². The molecule has 2 saturated heterocycles. The van der Waals surface area contributed by atoms with E-state index in [-0.39, 0.29) is 17.9 Å². The fraction of sp³-hybridized carbons (Fsp3) is 0.786. The Labute approximate surface area is 133 Å². The van der Waals surface area contributed by atoms with Crippen molar-refractivity contribution < 1.29 is 14.3 Å². The van der Waals surface area contributed by atoms with Gasteiger partial charge in [0.25, 0.3) is 0 Å². The third-order valence-electron chi connectivity index (χ3n) is 5.13. The van der Waals surface area contributed by atoms with Crippen molar-refractivity contribution in [2.24, 2.45) is 0 Å². The number of tetrazole rings is 1. The Kier molecular flexibility index (Phi) is 3.42. The van der Waals surface area contributed by atoms with Crippen LogP contribution in [0.25, 0.3) is 0 Å². The van der Waals surface area contributed by atoms with Crippen LogP contribution in [0.5, 0.6) is 0 Å². The number of aromatic nitrogens is 4. The minimum Gasteiger partial charge on any atom is -0.441 e. The molecule has 1 aromatic rings. The quantitative estimate of drug-likeness (QED) is 0.784. The highest BCUT2D eigenvalue weighted by Crippen LogP contribution is 2.32. The maximum atomic E-state index is 12.9. The first-order valence-electron chi connectivity index (χ1n) is 8.19. The van der Waals surface area contributed by atoms with E-state index in [2.05, 4.69) is 20.8 Å². The number of fused-ring (bicyclic) bond motifs is 1. The molecule has 0 radical (unpaired) electrons. The molecule has 124 valence electrons. The number of nitrogens with one attached hydrogen (secondary N) is 1. The second kappa shape index (κ2) is 5.47. The molecule has 1 N–H and O–H groups in total. The van der Waals surface area contributed by atoms with Crippen LogP contribution in [0.15, 0.2) is 0 Å². The van der Waals surface area contributed by atoms with Gasteiger partial charge < -0.3 is 15.0 Å². The molecule has 0 aliphatic carbocycles. The van der Waals surface area contributed by atoms with E-state index < -0.39 is 5.60 Å². The lowest BCUT2D eigenvalue weighted by atomic mass is 9.90. The van der Waals surface area contributed by atoms with E-state index >= 15 is 0 Å². The number of amides is 2. The van der Waals surface area contributed by atoms with Crippen molar-refractivity contribution in [1.29, 1.82) is 0 Å². The molecule has 9 nitrogen and oxygen atoms in total. The number of rotatable bonds is 1. The van der Waals surface area contributed by atoms with Crippen molar-refractivity contribution in [1.82, 2.24) is 30.4 Å². The van der Waals surface area contributed by atoms with Crippen LogP contribution in [0.2, 0.25) is 0 Å². The minimum atomic E-state index is -0.432. The van der Waals surface area contributed by atoms with Crippen molar-refractivity contribution in [3.05, 3.63) is 5.82 Å². The Morgan fingerprint density at radius 3 is 2.83 bits per heavy atom. The Bertz CT molecular complexity index is 622. The molecule has 9 heteroatoms. The number of alkyl carbamates (subject to hydrolysis) is 1. The summed E-state index contributed by atoms with van der Waals surface area (Å²) in [4.78, 5) is 26.1. The molecule has 2 fully saturated rings. The number of aryl methyl sites for hydroxylation is 1. The van der Waals surface area contributed by atoms with Crippen LogP contribution in [-0.2, 0) is 16.1 Å². The zero-order valence-electron chi connectivity index (χ0n) is 12.9. The lowest BCUT2D eigenvalue weighted by Crippen LogP contribution is -2.49. The fourth-order valence-electron chi connectivity index (χ4n) is 3.73. The molecule has 3 aliphatic heterocycles. The van der Waals surface area contributed by atoms with Gasteiger partial charge in [-0.2, -0.15) is 0 Å². The molecule has 0 saturated carbocycles. The van der Waals surface area contributed by atoms with Gasteiger partial charge in [0.2, 0.25) is 5.91 Å². The third kappa shape index (κ3) is 2.53. The number of piperidine rings is 1. The van der Waals surface area contributed by atoms with Crippen molar-refractivity contribution in [2.45, 2.75) is 50.2 Å². The van der Waals surface area contributed by atoms with Crippen molar-refractivity contribution in [3.8, 4) is 0 Å². The van der Waals surface area contributed by atoms with Gasteiger partial charge in [-0.25, -0.2) is 9.48 Å². The average molecular weight is 320 g/mol. The zero-order valence-corrected chi connectivity index (χ0v) is 12.9. The van der Waals surface area contributed by atoms with E-state index in [4.69, 9.17) is 4.74 Å². The second-order valence-corrected chi connectivity index (χ2v) is 6.56. The molecule has 0 aromatic carbocycles. The lowest BCUT2D eigenvalue weighted by Gasteiger charge is -2.38. The fourth-order valence-corrected chi connectivity index (χ4v) is 3.73. The summed E-state index contributed by atoms with van der Waals surface area (Å²) >= 11 is 0. The molecule has 0 unspecified atom stereocenters. The predicted octanol–water partition coefficient (Wildman–Crippen LogP) is 0.0416. The van der Waals surface area contributed by atoms with E-state index in [9.17, 15) is 9.59 Å². The van der Waals surface area contributed by atoms with Crippen molar-refractivity contribution >= 4 is 12.0 Å². The van der Waals surface area contributed by atoms with Gasteiger partial charge in [-0.15, -0.1) is 5.10 Å². The second-order valence-electron chi connectivity index (χ2n) is 6.56. The van der Waals surface area contributed by atoms with Gasteiger partial charge in [-0.05, 0) is 23.3 Å². The monoisotopic (exact) mass is 320 g/mol. The highest BCUT2D eigenvalue weighted by Gasteiger charge is 2.44. The first kappa shape index (κ1) is 14.4. The molecule has 4 rings (SSSR count). The van der Waals surface area contributed by atoms with Gasteiger partial charge in [-0.1, -0.05) is 6.42 Å². The predicted molar refractivity (Wildman–Crippen MR) is 77.4 cm³/mol. The summed E-state index contributed by atoms with van der Waals surface area (Å²) in [6.45, 7) is 2.52. The number of hydrogen-bond acceptors (Lipinski definition) is 6. The highest BCUT2D eigenvalue weighted by molar-refractivity contribution is 5.83. The van der Waals surface area contributed by atoms with Crippen LogP contribution in [-0.4, -0.2) is 62.3 Å². The normalized spacial score (nSPS) is 26.3. The van der Waals surface area contributed by atoms with Crippen LogP contribution in [0.1, 0.15) is 43.8 Å². The number of nitrogens with zero attached hydrogens (tertiary/aromatic N) is 5. The van der Waals surface area contributed by atoms with Crippen LogP contribution in [0.4, 0.5) is 4.79 Å². The average Bonchev–Trinajstić information content (AvgIpc) is 3.10. The maximum Gasteiger partial charge on any atom is 0.407 e. The SMILES string of the molecule is O=C1NCC2(CCN(C(=O)[C@@H]3CCCCn4nnnc43)CC2)O1. The molecule has 2 amide bonds. The molecular formula is C14H20N6O3. The van der Waals surface area contributed by atoms with Crippen LogP contribution in [0, 0.1) is 0 Å². The van der Waals surface area contributed by atoms with Gasteiger partial charge >= 0.3 is 6.09 Å². The van der Waals surface area contributed by atoms with E-state index in [1.54, 1.807) is 4.68 Å². The number of hydrogen-bond donors (Lipinski definition) is 1.